The highest BCUT2D eigenvalue weighted by atomic mass is 35.5. The van der Waals surface area contributed by atoms with Gasteiger partial charge in [0.05, 0.1) is 12.0 Å². The first-order valence-corrected chi connectivity index (χ1v) is 10.7. The van der Waals surface area contributed by atoms with Crippen LogP contribution in [-0.4, -0.2) is 43.6 Å². The summed E-state index contributed by atoms with van der Waals surface area (Å²) in [5.74, 6) is 1.54. The number of thiophene rings is 1. The minimum Gasteiger partial charge on any atom is -0.496 e. The van der Waals surface area contributed by atoms with Gasteiger partial charge in [-0.15, -0.1) is 23.7 Å². The van der Waals surface area contributed by atoms with Gasteiger partial charge in [0, 0.05) is 28.4 Å². The first-order valence-electron chi connectivity index (χ1n) is 9.92. The van der Waals surface area contributed by atoms with Gasteiger partial charge in [-0.25, -0.2) is 0 Å². The molecule has 3 aliphatic rings. The molecular weight excluding hydrogens is 404 g/mol. The molecular formula is C23H25ClN2O2S. The molecule has 3 saturated heterocycles. The molecule has 6 rings (SSSR count). The minimum absolute atomic E-state index is 0. The molecule has 3 aromatic rings. The first-order chi connectivity index (χ1) is 13.7. The lowest BCUT2D eigenvalue weighted by Crippen LogP contribution is -2.57. The number of para-hydroxylation sites is 1. The number of nitrogens with zero attached hydrogens (tertiary/aromatic N) is 1. The second-order valence-corrected chi connectivity index (χ2v) is 8.81. The van der Waals surface area contributed by atoms with Crippen LogP contribution in [0.25, 0.3) is 21.2 Å². The predicted molar refractivity (Wildman–Crippen MR) is 121 cm³/mol. The fourth-order valence-electron chi connectivity index (χ4n) is 4.62. The summed E-state index contributed by atoms with van der Waals surface area (Å²) in [5.41, 5.74) is 2.17. The molecule has 2 bridgehead atoms. The molecule has 4 nitrogen and oxygen atoms in total. The van der Waals surface area contributed by atoms with Crippen molar-refractivity contribution in [2.45, 2.75) is 18.9 Å². The van der Waals surface area contributed by atoms with Crippen LogP contribution in [-0.2, 0) is 0 Å². The average Bonchev–Trinajstić information content (AvgIpc) is 3.19. The van der Waals surface area contributed by atoms with Gasteiger partial charge >= 0.3 is 0 Å². The van der Waals surface area contributed by atoms with Crippen LogP contribution < -0.4 is 10.1 Å². The maximum absolute atomic E-state index is 13.0. The summed E-state index contributed by atoms with van der Waals surface area (Å²) in [6.45, 7) is 3.36. The van der Waals surface area contributed by atoms with Gasteiger partial charge in [-0.3, -0.25) is 4.79 Å². The molecule has 6 heteroatoms. The number of ether oxygens (including phenoxy) is 1. The van der Waals surface area contributed by atoms with E-state index in [1.165, 1.54) is 25.9 Å². The Kier molecular flexibility index (Phi) is 5.81. The topological polar surface area (TPSA) is 41.6 Å². The van der Waals surface area contributed by atoms with Crippen LogP contribution >= 0.6 is 23.7 Å². The Morgan fingerprint density at radius 2 is 1.86 bits per heavy atom. The highest BCUT2D eigenvalue weighted by Crippen LogP contribution is 2.39. The van der Waals surface area contributed by atoms with Crippen molar-refractivity contribution in [1.82, 2.24) is 10.2 Å². The van der Waals surface area contributed by atoms with Crippen LogP contribution in [0.4, 0.5) is 0 Å². The van der Waals surface area contributed by atoms with Crippen molar-refractivity contribution in [2.24, 2.45) is 5.92 Å². The lowest BCUT2D eigenvalue weighted by molar-refractivity contribution is 0.0622. The lowest BCUT2D eigenvalue weighted by Gasteiger charge is -2.44. The normalized spacial score (nSPS) is 22.9. The summed E-state index contributed by atoms with van der Waals surface area (Å²) in [4.78, 5) is 16.2. The molecule has 0 aliphatic carbocycles. The maximum Gasteiger partial charge on any atom is 0.261 e. The van der Waals surface area contributed by atoms with E-state index in [0.717, 1.165) is 38.4 Å². The second kappa shape index (κ2) is 8.34. The van der Waals surface area contributed by atoms with Crippen LogP contribution in [0.15, 0.2) is 48.5 Å². The number of fused-ring (bicyclic) bond motifs is 4. The van der Waals surface area contributed by atoms with Gasteiger partial charge in [0.25, 0.3) is 5.91 Å². The van der Waals surface area contributed by atoms with Crippen LogP contribution in [0.1, 0.15) is 22.5 Å². The second-order valence-electron chi connectivity index (χ2n) is 7.75. The standard InChI is InChI=1S/C23H24N2O2S.ClH/c1-27-20-8-3-2-6-17(20)18-7-4-5-16-13-21(28-22(16)18)23(26)24-19-14-25-11-9-15(19)10-12-25;/h2-8,13,15,19H,9-12,14H2,1H3,(H,24,26);1H/t19-;/m1./s1. The zero-order chi connectivity index (χ0) is 19.1. The Labute approximate surface area is 181 Å². The van der Waals surface area contributed by atoms with Gasteiger partial charge in [0.15, 0.2) is 0 Å². The smallest absolute Gasteiger partial charge is 0.261 e. The Bertz CT molecular complexity index is 1030. The first kappa shape index (κ1) is 20.2. The molecule has 1 atom stereocenters. The number of benzene rings is 2. The largest absolute Gasteiger partial charge is 0.496 e. The number of carbonyl (C=O) groups is 1. The lowest BCUT2D eigenvalue weighted by atomic mass is 9.84. The molecule has 0 unspecified atom stereocenters. The van der Waals surface area contributed by atoms with Crippen molar-refractivity contribution in [2.75, 3.05) is 26.7 Å². The van der Waals surface area contributed by atoms with E-state index in [9.17, 15) is 4.79 Å². The van der Waals surface area contributed by atoms with E-state index >= 15 is 0 Å². The number of carbonyl (C=O) groups excluding carboxylic acids is 1. The van der Waals surface area contributed by atoms with Crippen molar-refractivity contribution < 1.29 is 9.53 Å². The van der Waals surface area contributed by atoms with Gasteiger partial charge in [-0.05, 0) is 49.4 Å². The van der Waals surface area contributed by atoms with Gasteiger partial charge in [-0.2, -0.15) is 0 Å². The summed E-state index contributed by atoms with van der Waals surface area (Å²) in [7, 11) is 1.69. The van der Waals surface area contributed by atoms with E-state index in [-0.39, 0.29) is 24.4 Å². The molecule has 4 heterocycles. The van der Waals surface area contributed by atoms with Gasteiger partial charge < -0.3 is 15.0 Å². The van der Waals surface area contributed by atoms with Crippen molar-refractivity contribution >= 4 is 39.7 Å². The van der Waals surface area contributed by atoms with Crippen LogP contribution in [0.5, 0.6) is 5.75 Å². The summed E-state index contributed by atoms with van der Waals surface area (Å²) in [6, 6.07) is 16.6. The molecule has 1 aromatic heterocycles. The van der Waals surface area contributed by atoms with Crippen LogP contribution in [0, 0.1) is 5.92 Å². The fourth-order valence-corrected chi connectivity index (χ4v) is 5.71. The van der Waals surface area contributed by atoms with E-state index < -0.39 is 0 Å². The maximum atomic E-state index is 13.0. The predicted octanol–water partition coefficient (Wildman–Crippen LogP) is 4.82. The number of hydrogen-bond acceptors (Lipinski definition) is 4. The summed E-state index contributed by atoms with van der Waals surface area (Å²) < 4.78 is 6.68. The summed E-state index contributed by atoms with van der Waals surface area (Å²) in [5, 5.41) is 4.42. The molecule has 0 saturated carbocycles. The molecule has 3 aliphatic heterocycles. The van der Waals surface area contributed by atoms with E-state index in [1.54, 1.807) is 18.4 Å². The zero-order valence-corrected chi connectivity index (χ0v) is 18.0. The summed E-state index contributed by atoms with van der Waals surface area (Å²) >= 11 is 1.57. The van der Waals surface area contributed by atoms with Gasteiger partial charge in [0.2, 0.25) is 0 Å². The molecule has 2 aromatic carbocycles. The number of hydrogen-bond donors (Lipinski definition) is 1. The van der Waals surface area contributed by atoms with Crippen LogP contribution in [0.2, 0.25) is 0 Å². The van der Waals surface area contributed by atoms with E-state index in [0.29, 0.717) is 5.92 Å². The third kappa shape index (κ3) is 3.75. The number of piperidine rings is 3. The molecule has 1 amide bonds. The number of rotatable bonds is 4. The molecule has 3 fully saturated rings. The van der Waals surface area contributed by atoms with Crippen molar-refractivity contribution in [1.29, 1.82) is 0 Å². The summed E-state index contributed by atoms with van der Waals surface area (Å²) in [6.07, 6.45) is 2.41. The monoisotopic (exact) mass is 428 g/mol. The van der Waals surface area contributed by atoms with Crippen molar-refractivity contribution in [3.8, 4) is 16.9 Å². The Morgan fingerprint density at radius 1 is 1.10 bits per heavy atom. The highest BCUT2D eigenvalue weighted by molar-refractivity contribution is 7.21. The minimum atomic E-state index is 0. The number of methoxy groups -OCH3 is 1. The average molecular weight is 429 g/mol. The molecule has 0 spiro atoms. The van der Waals surface area contributed by atoms with E-state index in [4.69, 9.17) is 4.74 Å². The number of halogens is 1. The van der Waals surface area contributed by atoms with E-state index in [1.807, 2.05) is 30.3 Å². The molecule has 29 heavy (non-hydrogen) atoms. The third-order valence-electron chi connectivity index (χ3n) is 6.14. The van der Waals surface area contributed by atoms with Crippen LogP contribution in [0.3, 0.4) is 0 Å². The fraction of sp³-hybridized carbons (Fsp3) is 0.348. The SMILES string of the molecule is COc1ccccc1-c1cccc2cc(C(=O)N[C@@H]3CN4CCC3CC4)sc12.Cl. The van der Waals surface area contributed by atoms with Gasteiger partial charge in [-0.1, -0.05) is 36.4 Å². The number of nitrogens with one attached hydrogen (secondary N) is 1. The highest BCUT2D eigenvalue weighted by Gasteiger charge is 2.35. The Morgan fingerprint density at radius 3 is 2.59 bits per heavy atom. The van der Waals surface area contributed by atoms with E-state index in [2.05, 4.69) is 28.4 Å². The molecule has 0 radical (unpaired) electrons. The Hall–Kier alpha value is -2.08. The third-order valence-corrected chi connectivity index (χ3v) is 7.32. The molecule has 152 valence electrons. The zero-order valence-electron chi connectivity index (χ0n) is 16.4. The quantitative estimate of drug-likeness (QED) is 0.647. The molecule has 1 N–H and O–H groups in total. The van der Waals surface area contributed by atoms with Crippen molar-refractivity contribution in [3.05, 3.63) is 53.4 Å². The van der Waals surface area contributed by atoms with Crippen molar-refractivity contribution in [3.63, 3.8) is 0 Å². The number of amides is 1. The Balaban J connectivity index is 0.00000205. The van der Waals surface area contributed by atoms with Gasteiger partial charge in [0.1, 0.15) is 5.75 Å².